The Bertz CT molecular complexity index is 433. The van der Waals surface area contributed by atoms with Crippen LogP contribution >= 0.6 is 0 Å². The average Bonchev–Trinajstić information content (AvgIpc) is 2.68. The molecular weight excluding hydrogens is 219 g/mol. The van der Waals surface area contributed by atoms with Crippen molar-refractivity contribution in [3.05, 3.63) is 35.1 Å². The van der Waals surface area contributed by atoms with Crippen molar-refractivity contribution in [1.29, 1.82) is 0 Å². The molecule has 3 N–H and O–H groups in total. The van der Waals surface area contributed by atoms with Gasteiger partial charge in [0.1, 0.15) is 5.82 Å². The van der Waals surface area contributed by atoms with Crippen LogP contribution in [0.1, 0.15) is 35.2 Å². The largest absolute Gasteiger partial charge is 0.348 e. The highest BCUT2D eigenvalue weighted by atomic mass is 19.1. The monoisotopic (exact) mass is 236 g/mol. The number of nitrogens with one attached hydrogen (secondary N) is 1. The van der Waals surface area contributed by atoms with Gasteiger partial charge in [0.15, 0.2) is 0 Å². The summed E-state index contributed by atoms with van der Waals surface area (Å²) in [4.78, 5) is 11.9. The Labute approximate surface area is 100 Å². The molecule has 4 heteroatoms. The molecule has 2 unspecified atom stereocenters. The molecule has 0 aliphatic heterocycles. The van der Waals surface area contributed by atoms with E-state index in [1.165, 1.54) is 6.07 Å². The van der Waals surface area contributed by atoms with Crippen molar-refractivity contribution in [3.63, 3.8) is 0 Å². The fourth-order valence-electron chi connectivity index (χ4n) is 2.23. The predicted octanol–water partition coefficient (Wildman–Crippen LogP) is 1.74. The number of aryl methyl sites for hydroxylation is 1. The lowest BCUT2D eigenvalue weighted by Crippen LogP contribution is -2.44. The molecular formula is C13H17FN2O. The lowest BCUT2D eigenvalue weighted by molar-refractivity contribution is 0.0930. The van der Waals surface area contributed by atoms with Crippen LogP contribution in [-0.2, 0) is 0 Å². The minimum Gasteiger partial charge on any atom is -0.348 e. The first-order chi connectivity index (χ1) is 8.08. The van der Waals surface area contributed by atoms with Gasteiger partial charge >= 0.3 is 0 Å². The maximum absolute atomic E-state index is 13.5. The van der Waals surface area contributed by atoms with Gasteiger partial charge in [0, 0.05) is 12.1 Å². The maximum Gasteiger partial charge on any atom is 0.254 e. The van der Waals surface area contributed by atoms with Gasteiger partial charge in [-0.05, 0) is 38.3 Å². The van der Waals surface area contributed by atoms with Crippen LogP contribution in [-0.4, -0.2) is 18.0 Å². The highest BCUT2D eigenvalue weighted by Gasteiger charge is 2.26. The van der Waals surface area contributed by atoms with E-state index < -0.39 is 5.82 Å². The number of nitrogens with two attached hydrogens (primary N) is 1. The molecule has 1 aromatic rings. The Morgan fingerprint density at radius 3 is 2.88 bits per heavy atom. The third kappa shape index (κ3) is 2.64. The second-order valence-electron chi connectivity index (χ2n) is 4.66. The van der Waals surface area contributed by atoms with E-state index in [-0.39, 0.29) is 23.6 Å². The molecule has 0 saturated heterocycles. The summed E-state index contributed by atoms with van der Waals surface area (Å²) in [5.41, 5.74) is 6.83. The quantitative estimate of drug-likeness (QED) is 0.821. The molecule has 2 atom stereocenters. The van der Waals surface area contributed by atoms with Crippen LogP contribution in [0.25, 0.3) is 0 Å². The number of halogens is 1. The van der Waals surface area contributed by atoms with E-state index >= 15 is 0 Å². The lowest BCUT2D eigenvalue weighted by atomic mass is 10.1. The number of rotatable bonds is 2. The van der Waals surface area contributed by atoms with Crippen molar-refractivity contribution in [2.75, 3.05) is 0 Å². The van der Waals surface area contributed by atoms with E-state index in [0.29, 0.717) is 0 Å². The zero-order valence-corrected chi connectivity index (χ0v) is 9.87. The van der Waals surface area contributed by atoms with Crippen LogP contribution in [0, 0.1) is 12.7 Å². The lowest BCUT2D eigenvalue weighted by Gasteiger charge is -2.17. The topological polar surface area (TPSA) is 55.1 Å². The minimum absolute atomic E-state index is 0.00757. The zero-order valence-electron chi connectivity index (χ0n) is 9.87. The Morgan fingerprint density at radius 2 is 2.24 bits per heavy atom. The number of carbonyl (C=O) groups is 1. The van der Waals surface area contributed by atoms with Crippen molar-refractivity contribution < 1.29 is 9.18 Å². The molecule has 0 radical (unpaired) electrons. The van der Waals surface area contributed by atoms with Gasteiger partial charge in [-0.2, -0.15) is 0 Å². The third-order valence-corrected chi connectivity index (χ3v) is 3.25. The van der Waals surface area contributed by atoms with Gasteiger partial charge in [-0.25, -0.2) is 4.39 Å². The number of benzene rings is 1. The van der Waals surface area contributed by atoms with Gasteiger partial charge in [-0.15, -0.1) is 0 Å². The van der Waals surface area contributed by atoms with Crippen LogP contribution in [0.4, 0.5) is 4.39 Å². The molecule has 0 heterocycles. The average molecular weight is 236 g/mol. The SMILES string of the molecule is Cc1ccc(F)c(C(=O)NC2CCCC2N)c1. The summed E-state index contributed by atoms with van der Waals surface area (Å²) in [6.45, 7) is 1.83. The standard InChI is InChI=1S/C13H17FN2O/c1-8-5-6-10(14)9(7-8)13(17)16-12-4-2-3-11(12)15/h5-7,11-12H,2-4,15H2,1H3,(H,16,17). The van der Waals surface area contributed by atoms with E-state index in [4.69, 9.17) is 5.73 Å². The number of carbonyl (C=O) groups excluding carboxylic acids is 1. The molecule has 1 fully saturated rings. The summed E-state index contributed by atoms with van der Waals surface area (Å²) in [7, 11) is 0. The second kappa shape index (κ2) is 4.84. The van der Waals surface area contributed by atoms with E-state index in [2.05, 4.69) is 5.32 Å². The second-order valence-corrected chi connectivity index (χ2v) is 4.66. The van der Waals surface area contributed by atoms with E-state index in [9.17, 15) is 9.18 Å². The molecule has 1 amide bonds. The van der Waals surface area contributed by atoms with Crippen LogP contribution < -0.4 is 11.1 Å². The molecule has 1 saturated carbocycles. The van der Waals surface area contributed by atoms with Crippen molar-refractivity contribution in [3.8, 4) is 0 Å². The smallest absolute Gasteiger partial charge is 0.254 e. The molecule has 0 aromatic heterocycles. The molecule has 0 spiro atoms. The molecule has 1 aliphatic carbocycles. The van der Waals surface area contributed by atoms with Crippen molar-refractivity contribution in [2.24, 2.45) is 5.73 Å². The Balaban J connectivity index is 2.11. The molecule has 0 bridgehead atoms. The van der Waals surface area contributed by atoms with Crippen molar-refractivity contribution >= 4 is 5.91 Å². The van der Waals surface area contributed by atoms with Crippen LogP contribution in [0.15, 0.2) is 18.2 Å². The molecule has 3 nitrogen and oxygen atoms in total. The summed E-state index contributed by atoms with van der Waals surface area (Å²) >= 11 is 0. The van der Waals surface area contributed by atoms with Crippen molar-refractivity contribution in [1.82, 2.24) is 5.32 Å². The summed E-state index contributed by atoms with van der Waals surface area (Å²) in [6, 6.07) is 4.49. The highest BCUT2D eigenvalue weighted by molar-refractivity contribution is 5.94. The number of amides is 1. The summed E-state index contributed by atoms with van der Waals surface area (Å²) in [5.74, 6) is -0.854. The fraction of sp³-hybridized carbons (Fsp3) is 0.462. The first-order valence-electron chi connectivity index (χ1n) is 5.90. The third-order valence-electron chi connectivity index (χ3n) is 3.25. The molecule has 92 valence electrons. The number of hydrogen-bond donors (Lipinski definition) is 2. The minimum atomic E-state index is -0.486. The zero-order chi connectivity index (χ0) is 12.4. The Hall–Kier alpha value is -1.42. The molecule has 1 aliphatic rings. The molecule has 1 aromatic carbocycles. The Morgan fingerprint density at radius 1 is 1.47 bits per heavy atom. The van der Waals surface area contributed by atoms with E-state index in [1.807, 2.05) is 6.92 Å². The number of hydrogen-bond acceptors (Lipinski definition) is 2. The fourth-order valence-corrected chi connectivity index (χ4v) is 2.23. The normalized spacial score (nSPS) is 23.7. The van der Waals surface area contributed by atoms with Gasteiger partial charge in [-0.1, -0.05) is 11.6 Å². The predicted molar refractivity (Wildman–Crippen MR) is 64.2 cm³/mol. The van der Waals surface area contributed by atoms with Gasteiger partial charge in [0.25, 0.3) is 5.91 Å². The van der Waals surface area contributed by atoms with Gasteiger partial charge in [-0.3, -0.25) is 4.79 Å². The maximum atomic E-state index is 13.5. The summed E-state index contributed by atoms with van der Waals surface area (Å²) in [5, 5.41) is 2.81. The van der Waals surface area contributed by atoms with E-state index in [1.54, 1.807) is 12.1 Å². The summed E-state index contributed by atoms with van der Waals surface area (Å²) < 4.78 is 13.5. The first kappa shape index (κ1) is 12.0. The van der Waals surface area contributed by atoms with Gasteiger partial charge in [0.2, 0.25) is 0 Å². The Kier molecular flexibility index (Phi) is 3.43. The van der Waals surface area contributed by atoms with Gasteiger partial charge < -0.3 is 11.1 Å². The summed E-state index contributed by atoms with van der Waals surface area (Å²) in [6.07, 6.45) is 2.81. The van der Waals surface area contributed by atoms with Crippen LogP contribution in [0.3, 0.4) is 0 Å². The van der Waals surface area contributed by atoms with Crippen LogP contribution in [0.5, 0.6) is 0 Å². The van der Waals surface area contributed by atoms with Crippen LogP contribution in [0.2, 0.25) is 0 Å². The van der Waals surface area contributed by atoms with Crippen molar-refractivity contribution in [2.45, 2.75) is 38.3 Å². The highest BCUT2D eigenvalue weighted by Crippen LogP contribution is 2.18. The molecule has 17 heavy (non-hydrogen) atoms. The van der Waals surface area contributed by atoms with Gasteiger partial charge in [0.05, 0.1) is 5.56 Å². The van der Waals surface area contributed by atoms with E-state index in [0.717, 1.165) is 24.8 Å². The molecule has 2 rings (SSSR count). The first-order valence-corrected chi connectivity index (χ1v) is 5.90.